The summed E-state index contributed by atoms with van der Waals surface area (Å²) < 4.78 is 19.2. The number of aromatic nitrogens is 1. The van der Waals surface area contributed by atoms with Gasteiger partial charge in [0.1, 0.15) is 23.5 Å². The number of hydrogen-bond acceptors (Lipinski definition) is 4. The van der Waals surface area contributed by atoms with Crippen LogP contribution in [-0.2, 0) is 0 Å². The number of hydrogen-bond donors (Lipinski definition) is 2. The summed E-state index contributed by atoms with van der Waals surface area (Å²) in [5.74, 6) is -0.215. The lowest BCUT2D eigenvalue weighted by Crippen LogP contribution is -2.11. The van der Waals surface area contributed by atoms with Crippen molar-refractivity contribution in [2.75, 3.05) is 7.11 Å². The van der Waals surface area contributed by atoms with E-state index >= 15 is 0 Å². The van der Waals surface area contributed by atoms with Crippen LogP contribution in [0, 0.1) is 5.82 Å². The first-order valence-corrected chi connectivity index (χ1v) is 7.15. The van der Waals surface area contributed by atoms with Gasteiger partial charge in [-0.15, -0.1) is 0 Å². The van der Waals surface area contributed by atoms with Gasteiger partial charge in [0.15, 0.2) is 5.82 Å². The predicted octanol–water partition coefficient (Wildman–Crippen LogP) is 3.15. The van der Waals surface area contributed by atoms with E-state index in [1.807, 2.05) is 6.07 Å². The number of ether oxygens (including phenoxy) is 1. The fourth-order valence-corrected chi connectivity index (χ4v) is 2.59. The van der Waals surface area contributed by atoms with Gasteiger partial charge in [0, 0.05) is 17.6 Å². The van der Waals surface area contributed by atoms with E-state index in [-0.39, 0.29) is 5.52 Å². The molecule has 0 amide bonds. The number of halogens is 1. The monoisotopic (exact) mass is 313 g/mol. The molecule has 2 aromatic carbocycles. The Morgan fingerprint density at radius 2 is 1.78 bits per heavy atom. The van der Waals surface area contributed by atoms with Crippen LogP contribution < -0.4 is 4.74 Å². The number of aliphatic hydroxyl groups is 2. The summed E-state index contributed by atoms with van der Waals surface area (Å²) in [6.45, 7) is 0. The first-order valence-electron chi connectivity index (χ1n) is 7.15. The highest BCUT2D eigenvalue weighted by Crippen LogP contribution is 2.34. The smallest absolute Gasteiger partial charge is 0.153 e. The SMILES string of the molecule is COc1cc(F)c2nccc(C(O)C(O)c3ccccc3)c2c1. The second-order valence-electron chi connectivity index (χ2n) is 5.21. The van der Waals surface area contributed by atoms with Crippen molar-refractivity contribution in [1.29, 1.82) is 0 Å². The second kappa shape index (κ2) is 6.32. The molecule has 0 bridgehead atoms. The van der Waals surface area contributed by atoms with Crippen LogP contribution in [0.2, 0.25) is 0 Å². The Hall–Kier alpha value is -2.50. The molecule has 1 heterocycles. The van der Waals surface area contributed by atoms with E-state index < -0.39 is 18.0 Å². The van der Waals surface area contributed by atoms with Crippen LogP contribution in [0.25, 0.3) is 10.9 Å². The lowest BCUT2D eigenvalue weighted by atomic mass is 9.95. The van der Waals surface area contributed by atoms with Gasteiger partial charge >= 0.3 is 0 Å². The van der Waals surface area contributed by atoms with Gasteiger partial charge in [-0.2, -0.15) is 0 Å². The second-order valence-corrected chi connectivity index (χ2v) is 5.21. The fraction of sp³-hybridized carbons (Fsp3) is 0.167. The maximum atomic E-state index is 14.1. The number of nitrogens with zero attached hydrogens (tertiary/aromatic N) is 1. The average Bonchev–Trinajstić information content (AvgIpc) is 2.60. The highest BCUT2D eigenvalue weighted by Gasteiger charge is 2.23. The van der Waals surface area contributed by atoms with Gasteiger partial charge in [-0.1, -0.05) is 30.3 Å². The van der Waals surface area contributed by atoms with Crippen LogP contribution in [0.1, 0.15) is 23.3 Å². The molecule has 2 atom stereocenters. The Balaban J connectivity index is 2.10. The molecule has 0 radical (unpaired) electrons. The van der Waals surface area contributed by atoms with Crippen molar-refractivity contribution < 1.29 is 19.3 Å². The molecule has 0 aliphatic rings. The Labute approximate surface area is 132 Å². The quantitative estimate of drug-likeness (QED) is 0.777. The van der Waals surface area contributed by atoms with Crippen LogP contribution in [0.15, 0.2) is 54.7 Å². The van der Waals surface area contributed by atoms with Crippen LogP contribution in [0.3, 0.4) is 0 Å². The first kappa shape index (κ1) is 15.4. The van der Waals surface area contributed by atoms with E-state index in [1.165, 1.54) is 19.4 Å². The number of rotatable bonds is 4. The van der Waals surface area contributed by atoms with Crippen LogP contribution in [0.5, 0.6) is 5.75 Å². The number of aliphatic hydroxyl groups excluding tert-OH is 2. The van der Waals surface area contributed by atoms with E-state index in [1.54, 1.807) is 36.4 Å². The normalized spacial score (nSPS) is 13.7. The van der Waals surface area contributed by atoms with Crippen molar-refractivity contribution in [3.63, 3.8) is 0 Å². The third kappa shape index (κ3) is 2.88. The van der Waals surface area contributed by atoms with Gasteiger partial charge in [-0.05, 0) is 23.3 Å². The van der Waals surface area contributed by atoms with Crippen molar-refractivity contribution in [2.24, 2.45) is 0 Å². The Morgan fingerprint density at radius 3 is 2.48 bits per heavy atom. The zero-order valence-electron chi connectivity index (χ0n) is 12.5. The Kier molecular flexibility index (Phi) is 4.23. The van der Waals surface area contributed by atoms with Gasteiger partial charge in [0.25, 0.3) is 0 Å². The molecule has 0 aliphatic carbocycles. The van der Waals surface area contributed by atoms with E-state index in [4.69, 9.17) is 4.74 Å². The summed E-state index contributed by atoms with van der Waals surface area (Å²) in [4.78, 5) is 4.01. The van der Waals surface area contributed by atoms with Crippen LogP contribution >= 0.6 is 0 Å². The molecule has 0 saturated heterocycles. The molecular weight excluding hydrogens is 297 g/mol. The van der Waals surface area contributed by atoms with Crippen LogP contribution in [-0.4, -0.2) is 22.3 Å². The molecule has 0 aliphatic heterocycles. The summed E-state index contributed by atoms with van der Waals surface area (Å²) in [5, 5.41) is 21.4. The lowest BCUT2D eigenvalue weighted by Gasteiger charge is -2.20. The standard InChI is InChI=1S/C18H16FNO3/c1-23-12-9-14-13(7-8-20-16(14)15(19)10-12)18(22)17(21)11-5-3-2-4-6-11/h2-10,17-18,21-22H,1H3. The first-order chi connectivity index (χ1) is 11.1. The van der Waals surface area contributed by atoms with E-state index in [9.17, 15) is 14.6 Å². The summed E-state index contributed by atoms with van der Waals surface area (Å²) in [6, 6.07) is 13.2. The van der Waals surface area contributed by atoms with Crippen molar-refractivity contribution in [3.05, 3.63) is 71.7 Å². The molecule has 1 aromatic heterocycles. The molecule has 2 unspecified atom stereocenters. The number of pyridine rings is 1. The van der Waals surface area contributed by atoms with Gasteiger partial charge in [-0.3, -0.25) is 4.98 Å². The zero-order chi connectivity index (χ0) is 16.4. The van der Waals surface area contributed by atoms with Crippen molar-refractivity contribution in [3.8, 4) is 5.75 Å². The fourth-order valence-electron chi connectivity index (χ4n) is 2.59. The van der Waals surface area contributed by atoms with Gasteiger partial charge in [0.05, 0.1) is 7.11 Å². The molecule has 2 N–H and O–H groups in total. The molecule has 5 heteroatoms. The van der Waals surface area contributed by atoms with Gasteiger partial charge < -0.3 is 14.9 Å². The summed E-state index contributed by atoms with van der Waals surface area (Å²) in [5.41, 5.74) is 1.10. The topological polar surface area (TPSA) is 62.6 Å². The minimum absolute atomic E-state index is 0.127. The molecular formula is C18H16FNO3. The predicted molar refractivity (Wildman–Crippen MR) is 84.6 cm³/mol. The van der Waals surface area contributed by atoms with Crippen molar-refractivity contribution in [1.82, 2.24) is 4.98 Å². The minimum atomic E-state index is -1.21. The minimum Gasteiger partial charge on any atom is -0.497 e. The van der Waals surface area contributed by atoms with Gasteiger partial charge in [-0.25, -0.2) is 4.39 Å². The third-order valence-corrected chi connectivity index (χ3v) is 3.80. The molecule has 0 spiro atoms. The third-order valence-electron chi connectivity index (χ3n) is 3.80. The molecule has 4 nitrogen and oxygen atoms in total. The zero-order valence-corrected chi connectivity index (χ0v) is 12.5. The van der Waals surface area contributed by atoms with E-state index in [2.05, 4.69) is 4.98 Å². The maximum Gasteiger partial charge on any atom is 0.153 e. The van der Waals surface area contributed by atoms with Crippen LogP contribution in [0.4, 0.5) is 4.39 Å². The molecule has 3 rings (SSSR count). The lowest BCUT2D eigenvalue weighted by molar-refractivity contribution is 0.0181. The maximum absolute atomic E-state index is 14.1. The number of fused-ring (bicyclic) bond motifs is 1. The molecule has 0 fully saturated rings. The largest absolute Gasteiger partial charge is 0.497 e. The highest BCUT2D eigenvalue weighted by molar-refractivity contribution is 5.84. The summed E-state index contributed by atoms with van der Waals surface area (Å²) >= 11 is 0. The van der Waals surface area contributed by atoms with E-state index in [0.717, 1.165) is 0 Å². The molecule has 3 aromatic rings. The molecule has 118 valence electrons. The van der Waals surface area contributed by atoms with Crippen molar-refractivity contribution in [2.45, 2.75) is 12.2 Å². The van der Waals surface area contributed by atoms with Gasteiger partial charge in [0.2, 0.25) is 0 Å². The Bertz CT molecular complexity index is 823. The molecule has 23 heavy (non-hydrogen) atoms. The number of methoxy groups -OCH3 is 1. The van der Waals surface area contributed by atoms with Crippen molar-refractivity contribution >= 4 is 10.9 Å². The highest BCUT2D eigenvalue weighted by atomic mass is 19.1. The Morgan fingerprint density at radius 1 is 1.04 bits per heavy atom. The summed E-state index contributed by atoms with van der Waals surface area (Å²) in [6.07, 6.45) is -0.931. The number of benzene rings is 2. The van der Waals surface area contributed by atoms with E-state index in [0.29, 0.717) is 22.3 Å². The molecule has 0 saturated carbocycles. The average molecular weight is 313 g/mol. The summed E-state index contributed by atoms with van der Waals surface area (Å²) in [7, 11) is 1.44.